The van der Waals surface area contributed by atoms with Crippen molar-refractivity contribution in [3.05, 3.63) is 0 Å². The first-order valence-electron chi connectivity index (χ1n) is 11.6. The van der Waals surface area contributed by atoms with Gasteiger partial charge in [-0.25, -0.2) is 22.0 Å². The maximum absolute atomic E-state index is 11.7. The number of hydrogen-bond acceptors (Lipinski definition) is 5. The Kier molecular flexibility index (Phi) is 14.0. The molecule has 0 unspecified atom stereocenters. The SMILES string of the molecule is CCC(CC)(CCCCOCCCCC(CC)(CC)CS(C)(=O)=O)CCS(N)(=O)=O. The molecule has 0 aromatic heterocycles. The van der Waals surface area contributed by atoms with Gasteiger partial charge in [0.25, 0.3) is 0 Å². The van der Waals surface area contributed by atoms with Crippen molar-refractivity contribution in [2.45, 2.75) is 98.3 Å². The normalized spacial score (nSPS) is 13.7. The second kappa shape index (κ2) is 14.1. The minimum absolute atomic E-state index is 0.0513. The summed E-state index contributed by atoms with van der Waals surface area (Å²) in [5.41, 5.74) is -0.0517. The topological polar surface area (TPSA) is 104 Å². The van der Waals surface area contributed by atoms with E-state index in [-0.39, 0.29) is 22.3 Å². The highest BCUT2D eigenvalue weighted by Crippen LogP contribution is 2.36. The van der Waals surface area contributed by atoms with Crippen LogP contribution < -0.4 is 5.14 Å². The summed E-state index contributed by atoms with van der Waals surface area (Å²) in [5.74, 6) is 0.331. The van der Waals surface area contributed by atoms with Crippen molar-refractivity contribution in [1.82, 2.24) is 0 Å². The van der Waals surface area contributed by atoms with Gasteiger partial charge in [-0.05, 0) is 55.8 Å². The van der Waals surface area contributed by atoms with Crippen LogP contribution in [0.2, 0.25) is 0 Å². The van der Waals surface area contributed by atoms with Gasteiger partial charge in [-0.2, -0.15) is 0 Å². The molecule has 0 aliphatic rings. The van der Waals surface area contributed by atoms with Gasteiger partial charge in [0.1, 0.15) is 9.84 Å². The molecule has 182 valence electrons. The third-order valence-corrected chi connectivity index (χ3v) is 8.89. The van der Waals surface area contributed by atoms with Crippen molar-refractivity contribution in [2.75, 3.05) is 31.0 Å². The highest BCUT2D eigenvalue weighted by Gasteiger charge is 2.30. The number of primary sulfonamides is 1. The van der Waals surface area contributed by atoms with Gasteiger partial charge in [0.15, 0.2) is 0 Å². The Hall–Kier alpha value is -0.180. The van der Waals surface area contributed by atoms with Crippen molar-refractivity contribution in [1.29, 1.82) is 0 Å². The van der Waals surface area contributed by atoms with E-state index in [1.54, 1.807) is 0 Å². The first-order valence-corrected chi connectivity index (χ1v) is 15.4. The molecule has 0 bridgehead atoms. The molecule has 0 radical (unpaired) electrons. The summed E-state index contributed by atoms with van der Waals surface area (Å²) in [6.45, 7) is 9.84. The van der Waals surface area contributed by atoms with Gasteiger partial charge in [0, 0.05) is 19.5 Å². The fraction of sp³-hybridized carbons (Fsp3) is 1.00. The molecule has 0 saturated heterocycles. The van der Waals surface area contributed by atoms with Crippen LogP contribution in [0.25, 0.3) is 0 Å². The predicted octanol–water partition coefficient (Wildman–Crippen LogP) is 4.68. The Balaban J connectivity index is 4.13. The summed E-state index contributed by atoms with van der Waals surface area (Å²) in [4.78, 5) is 0. The zero-order valence-corrected chi connectivity index (χ0v) is 21.7. The number of hydrogen-bond donors (Lipinski definition) is 1. The maximum Gasteiger partial charge on any atom is 0.209 e. The monoisotopic (exact) mass is 469 g/mol. The van der Waals surface area contributed by atoms with Gasteiger partial charge in [-0.3, -0.25) is 0 Å². The fourth-order valence-electron chi connectivity index (χ4n) is 4.39. The first kappa shape index (κ1) is 29.8. The van der Waals surface area contributed by atoms with Crippen molar-refractivity contribution >= 4 is 19.9 Å². The Morgan fingerprint density at radius 3 is 1.50 bits per heavy atom. The fourth-order valence-corrected chi connectivity index (χ4v) is 6.77. The molecular weight excluding hydrogens is 422 g/mol. The molecule has 0 saturated carbocycles. The van der Waals surface area contributed by atoms with Crippen LogP contribution >= 0.6 is 0 Å². The average Bonchev–Trinajstić information content (AvgIpc) is 2.66. The molecule has 2 N–H and O–H groups in total. The highest BCUT2D eigenvalue weighted by molar-refractivity contribution is 7.90. The summed E-state index contributed by atoms with van der Waals surface area (Å²) in [5, 5.41) is 5.18. The van der Waals surface area contributed by atoms with Gasteiger partial charge >= 0.3 is 0 Å². The Morgan fingerprint density at radius 1 is 0.700 bits per heavy atom. The second-order valence-corrected chi connectivity index (χ2v) is 13.0. The molecule has 0 aliphatic carbocycles. The van der Waals surface area contributed by atoms with Crippen molar-refractivity contribution in [3.8, 4) is 0 Å². The Morgan fingerprint density at radius 2 is 1.13 bits per heavy atom. The number of sulfonamides is 1. The van der Waals surface area contributed by atoms with Gasteiger partial charge in [-0.1, -0.05) is 53.4 Å². The standard InChI is InChI=1S/C22H47NO5S2/c1-6-21(7-2,16-19-30(23,26)27)14-10-12-17-28-18-13-11-15-22(8-3,9-4)20-29(5,24)25/h6-20H2,1-5H3,(H2,23,26,27). The molecule has 0 spiro atoms. The third kappa shape index (κ3) is 13.3. The molecule has 8 heteroatoms. The Labute approximate surface area is 186 Å². The summed E-state index contributed by atoms with van der Waals surface area (Å²) in [6, 6.07) is 0. The average molecular weight is 470 g/mol. The minimum Gasteiger partial charge on any atom is -0.381 e. The summed E-state index contributed by atoms with van der Waals surface area (Å²) >= 11 is 0. The molecule has 0 aromatic carbocycles. The summed E-state index contributed by atoms with van der Waals surface area (Å²) < 4.78 is 51.9. The molecule has 0 atom stereocenters. The summed E-state index contributed by atoms with van der Waals surface area (Å²) in [6.07, 6.45) is 11.5. The molecule has 0 aliphatic heterocycles. The molecule has 0 heterocycles. The summed E-state index contributed by atoms with van der Waals surface area (Å²) in [7, 11) is -6.37. The van der Waals surface area contributed by atoms with Crippen molar-refractivity contribution < 1.29 is 21.6 Å². The van der Waals surface area contributed by atoms with Crippen LogP contribution in [0.5, 0.6) is 0 Å². The van der Waals surface area contributed by atoms with Crippen LogP contribution in [-0.2, 0) is 24.6 Å². The van der Waals surface area contributed by atoms with Crippen LogP contribution in [0.1, 0.15) is 98.3 Å². The smallest absolute Gasteiger partial charge is 0.209 e. The number of nitrogens with two attached hydrogens (primary N) is 1. The van der Waals surface area contributed by atoms with E-state index in [1.807, 2.05) is 0 Å². The van der Waals surface area contributed by atoms with E-state index in [0.717, 1.165) is 64.2 Å². The largest absolute Gasteiger partial charge is 0.381 e. The highest BCUT2D eigenvalue weighted by atomic mass is 32.2. The number of ether oxygens (including phenoxy) is 1. The van der Waals surface area contributed by atoms with Crippen LogP contribution in [0.15, 0.2) is 0 Å². The zero-order chi connectivity index (χ0) is 23.3. The molecule has 0 aromatic rings. The lowest BCUT2D eigenvalue weighted by Crippen LogP contribution is -2.28. The van der Waals surface area contributed by atoms with Gasteiger partial charge < -0.3 is 4.74 Å². The number of unbranched alkanes of at least 4 members (excludes halogenated alkanes) is 2. The molecule has 0 amide bonds. The lowest BCUT2D eigenvalue weighted by Gasteiger charge is -2.31. The van der Waals surface area contributed by atoms with Gasteiger partial charge in [-0.15, -0.1) is 0 Å². The number of rotatable bonds is 19. The Bertz CT molecular complexity index is 651. The predicted molar refractivity (Wildman–Crippen MR) is 127 cm³/mol. The van der Waals surface area contributed by atoms with E-state index < -0.39 is 19.9 Å². The van der Waals surface area contributed by atoms with E-state index in [0.29, 0.717) is 19.6 Å². The van der Waals surface area contributed by atoms with E-state index in [1.165, 1.54) is 6.26 Å². The van der Waals surface area contributed by atoms with E-state index in [2.05, 4.69) is 27.7 Å². The van der Waals surface area contributed by atoms with Crippen LogP contribution in [0, 0.1) is 10.8 Å². The molecule has 6 nitrogen and oxygen atoms in total. The van der Waals surface area contributed by atoms with E-state index in [4.69, 9.17) is 9.88 Å². The molecule has 0 rings (SSSR count). The van der Waals surface area contributed by atoms with E-state index in [9.17, 15) is 16.8 Å². The van der Waals surface area contributed by atoms with Crippen LogP contribution in [0.4, 0.5) is 0 Å². The molecule has 30 heavy (non-hydrogen) atoms. The van der Waals surface area contributed by atoms with Gasteiger partial charge in [0.05, 0.1) is 11.5 Å². The second-order valence-electron chi connectivity index (χ2n) is 9.13. The molecule has 0 fully saturated rings. The molecular formula is C22H47NO5S2. The maximum atomic E-state index is 11.7. The zero-order valence-electron chi connectivity index (χ0n) is 20.0. The van der Waals surface area contributed by atoms with E-state index >= 15 is 0 Å². The minimum atomic E-state index is -3.41. The van der Waals surface area contributed by atoms with Crippen molar-refractivity contribution in [3.63, 3.8) is 0 Å². The quantitative estimate of drug-likeness (QED) is 0.277. The third-order valence-electron chi connectivity index (χ3n) is 6.98. The lowest BCUT2D eigenvalue weighted by atomic mass is 9.76. The van der Waals surface area contributed by atoms with Crippen LogP contribution in [0.3, 0.4) is 0 Å². The lowest BCUT2D eigenvalue weighted by molar-refractivity contribution is 0.116. The van der Waals surface area contributed by atoms with Crippen LogP contribution in [-0.4, -0.2) is 47.8 Å². The van der Waals surface area contributed by atoms with Crippen molar-refractivity contribution in [2.24, 2.45) is 16.0 Å². The van der Waals surface area contributed by atoms with Gasteiger partial charge in [0.2, 0.25) is 10.0 Å². The number of sulfone groups is 1. The first-order chi connectivity index (χ1) is 13.9.